The lowest BCUT2D eigenvalue weighted by atomic mass is 9.89. The quantitative estimate of drug-likeness (QED) is 0.754. The Bertz CT molecular complexity index is 426. The molecule has 1 fully saturated rings. The number of carbonyl (C=O) groups is 1. The fraction of sp³-hybridized carbons (Fsp3) is 0.500. The molecule has 1 aromatic rings. The molecular weight excluding hydrogens is 262 g/mol. The molecule has 0 bridgehead atoms. The van der Waals surface area contributed by atoms with Gasteiger partial charge in [-0.2, -0.15) is 11.8 Å². The number of aliphatic hydroxyl groups is 2. The molecule has 0 radical (unpaired) electrons. The van der Waals surface area contributed by atoms with Crippen LogP contribution in [-0.2, 0) is 0 Å². The van der Waals surface area contributed by atoms with E-state index in [0.29, 0.717) is 29.9 Å². The van der Waals surface area contributed by atoms with Crippen molar-refractivity contribution >= 4 is 17.7 Å². The van der Waals surface area contributed by atoms with E-state index in [1.54, 1.807) is 23.9 Å². The smallest absolute Gasteiger partial charge is 0.251 e. The zero-order valence-corrected chi connectivity index (χ0v) is 11.5. The Morgan fingerprint density at radius 3 is 2.74 bits per heavy atom. The molecule has 1 saturated heterocycles. The fourth-order valence-electron chi connectivity index (χ4n) is 2.31. The van der Waals surface area contributed by atoms with Crippen molar-refractivity contribution in [3.8, 4) is 0 Å². The monoisotopic (exact) mass is 281 g/mol. The number of nitrogens with one attached hydrogen (secondary N) is 1. The van der Waals surface area contributed by atoms with E-state index in [1.165, 1.54) is 0 Å². The number of rotatable bonds is 5. The van der Waals surface area contributed by atoms with E-state index >= 15 is 0 Å². The van der Waals surface area contributed by atoms with Crippen LogP contribution in [0.5, 0.6) is 0 Å². The number of hydrogen-bond acceptors (Lipinski definition) is 4. The summed E-state index contributed by atoms with van der Waals surface area (Å²) in [6.07, 6.45) is 0.611. The Labute approximate surface area is 117 Å². The molecule has 0 spiro atoms. The lowest BCUT2D eigenvalue weighted by Crippen LogP contribution is -2.56. The number of thioether (sulfide) groups is 1. The van der Waals surface area contributed by atoms with Gasteiger partial charge < -0.3 is 15.5 Å². The summed E-state index contributed by atoms with van der Waals surface area (Å²) in [5.74, 6) is 1.15. The predicted octanol–water partition coefficient (Wildman–Crippen LogP) is 1.04. The Balaban J connectivity index is 2.10. The van der Waals surface area contributed by atoms with Crippen LogP contribution in [0.4, 0.5) is 0 Å². The number of amides is 1. The van der Waals surface area contributed by atoms with Crippen LogP contribution >= 0.6 is 11.8 Å². The molecule has 0 aliphatic carbocycles. The minimum atomic E-state index is -0.611. The zero-order chi connectivity index (χ0) is 13.7. The van der Waals surface area contributed by atoms with Gasteiger partial charge in [-0.3, -0.25) is 4.79 Å². The molecule has 1 aliphatic rings. The first-order valence-corrected chi connectivity index (χ1v) is 7.58. The van der Waals surface area contributed by atoms with Crippen LogP contribution in [0.1, 0.15) is 23.2 Å². The van der Waals surface area contributed by atoms with E-state index in [1.807, 2.05) is 18.2 Å². The second-order valence-corrected chi connectivity index (χ2v) is 5.86. The van der Waals surface area contributed by atoms with Crippen LogP contribution < -0.4 is 5.32 Å². The normalized spacial score (nSPS) is 26.3. The van der Waals surface area contributed by atoms with E-state index in [0.717, 1.165) is 0 Å². The van der Waals surface area contributed by atoms with Crippen LogP contribution in [-0.4, -0.2) is 45.9 Å². The van der Waals surface area contributed by atoms with E-state index in [4.69, 9.17) is 5.11 Å². The van der Waals surface area contributed by atoms with Crippen molar-refractivity contribution in [1.82, 2.24) is 5.32 Å². The van der Waals surface area contributed by atoms with E-state index in [-0.39, 0.29) is 12.5 Å². The Hall–Kier alpha value is -1.04. The van der Waals surface area contributed by atoms with Gasteiger partial charge in [-0.05, 0) is 25.0 Å². The Kier molecular flexibility index (Phi) is 4.85. The number of aliphatic hydroxyl groups excluding tert-OH is 2. The molecule has 2 atom stereocenters. The SMILES string of the molecule is O=C(N[C@]1(CCCO)CSC[C@@H]1O)c1ccccc1. The summed E-state index contributed by atoms with van der Waals surface area (Å²) < 4.78 is 0. The Morgan fingerprint density at radius 1 is 1.42 bits per heavy atom. The topological polar surface area (TPSA) is 69.6 Å². The lowest BCUT2D eigenvalue weighted by Gasteiger charge is -2.33. The van der Waals surface area contributed by atoms with Gasteiger partial charge in [0.25, 0.3) is 5.91 Å². The minimum absolute atomic E-state index is 0.0698. The van der Waals surface area contributed by atoms with Gasteiger partial charge in [0.15, 0.2) is 0 Å². The van der Waals surface area contributed by atoms with Crippen molar-refractivity contribution in [1.29, 1.82) is 0 Å². The maximum Gasteiger partial charge on any atom is 0.251 e. The van der Waals surface area contributed by atoms with Gasteiger partial charge in [0.2, 0.25) is 0 Å². The molecule has 104 valence electrons. The Morgan fingerprint density at radius 2 is 2.16 bits per heavy atom. The van der Waals surface area contributed by atoms with Gasteiger partial charge in [0.05, 0.1) is 11.6 Å². The third-order valence-electron chi connectivity index (χ3n) is 3.45. The van der Waals surface area contributed by atoms with Crippen molar-refractivity contribution in [2.45, 2.75) is 24.5 Å². The molecule has 19 heavy (non-hydrogen) atoms. The fourth-order valence-corrected chi connectivity index (χ4v) is 3.74. The summed E-state index contributed by atoms with van der Waals surface area (Å²) >= 11 is 1.63. The van der Waals surface area contributed by atoms with E-state index in [9.17, 15) is 9.90 Å². The molecular formula is C14H19NO3S. The lowest BCUT2D eigenvalue weighted by molar-refractivity contribution is 0.0668. The van der Waals surface area contributed by atoms with Gasteiger partial charge in [-0.15, -0.1) is 0 Å². The van der Waals surface area contributed by atoms with Crippen molar-refractivity contribution in [3.05, 3.63) is 35.9 Å². The number of carbonyl (C=O) groups excluding carboxylic acids is 1. The second kappa shape index (κ2) is 6.41. The van der Waals surface area contributed by atoms with Crippen molar-refractivity contribution in [2.75, 3.05) is 18.1 Å². The highest BCUT2D eigenvalue weighted by Crippen LogP contribution is 2.32. The number of benzene rings is 1. The summed E-state index contributed by atoms with van der Waals surface area (Å²) in [6, 6.07) is 9.00. The molecule has 2 rings (SSSR count). The first-order chi connectivity index (χ1) is 9.18. The van der Waals surface area contributed by atoms with E-state index in [2.05, 4.69) is 5.32 Å². The van der Waals surface area contributed by atoms with Gasteiger partial charge in [-0.25, -0.2) is 0 Å². The molecule has 4 nitrogen and oxygen atoms in total. The van der Waals surface area contributed by atoms with E-state index < -0.39 is 11.6 Å². The predicted molar refractivity (Wildman–Crippen MR) is 76.3 cm³/mol. The first kappa shape index (κ1) is 14.4. The summed E-state index contributed by atoms with van der Waals surface area (Å²) in [6.45, 7) is 0.0698. The van der Waals surface area contributed by atoms with Crippen LogP contribution in [0, 0.1) is 0 Å². The van der Waals surface area contributed by atoms with Gasteiger partial charge in [0, 0.05) is 23.7 Å². The highest BCUT2D eigenvalue weighted by atomic mass is 32.2. The summed E-state index contributed by atoms with van der Waals surface area (Å²) in [5, 5.41) is 22.1. The van der Waals surface area contributed by atoms with Gasteiger partial charge in [-0.1, -0.05) is 18.2 Å². The average Bonchev–Trinajstić information content (AvgIpc) is 2.79. The molecule has 1 heterocycles. The highest BCUT2D eigenvalue weighted by Gasteiger charge is 2.43. The summed E-state index contributed by atoms with van der Waals surface area (Å²) in [7, 11) is 0. The molecule has 5 heteroatoms. The third kappa shape index (κ3) is 3.29. The molecule has 1 amide bonds. The van der Waals surface area contributed by atoms with Gasteiger partial charge >= 0.3 is 0 Å². The van der Waals surface area contributed by atoms with Crippen LogP contribution in [0.3, 0.4) is 0 Å². The van der Waals surface area contributed by atoms with Crippen LogP contribution in [0.2, 0.25) is 0 Å². The molecule has 3 N–H and O–H groups in total. The molecule has 0 unspecified atom stereocenters. The minimum Gasteiger partial charge on any atom is -0.396 e. The maximum absolute atomic E-state index is 12.2. The molecule has 1 aromatic carbocycles. The molecule has 0 saturated carbocycles. The second-order valence-electron chi connectivity index (χ2n) is 4.83. The molecule has 1 aliphatic heterocycles. The number of hydrogen-bond donors (Lipinski definition) is 3. The first-order valence-electron chi connectivity index (χ1n) is 6.42. The largest absolute Gasteiger partial charge is 0.396 e. The van der Waals surface area contributed by atoms with Crippen molar-refractivity contribution < 1.29 is 15.0 Å². The average molecular weight is 281 g/mol. The standard InChI is InChI=1S/C14H19NO3S/c16-8-4-7-14(10-19-9-12(14)17)15-13(18)11-5-2-1-3-6-11/h1-3,5-6,12,16-17H,4,7-10H2,(H,15,18)/t12-,14+/m0/s1. The summed E-state index contributed by atoms with van der Waals surface area (Å²) in [5.41, 5.74) is -0.0182. The van der Waals surface area contributed by atoms with Crippen molar-refractivity contribution in [2.24, 2.45) is 0 Å². The maximum atomic E-state index is 12.2. The van der Waals surface area contributed by atoms with Gasteiger partial charge in [0.1, 0.15) is 0 Å². The molecule has 0 aromatic heterocycles. The van der Waals surface area contributed by atoms with Crippen LogP contribution in [0.15, 0.2) is 30.3 Å². The summed E-state index contributed by atoms with van der Waals surface area (Å²) in [4.78, 5) is 12.2. The third-order valence-corrected chi connectivity index (χ3v) is 4.72. The highest BCUT2D eigenvalue weighted by molar-refractivity contribution is 7.99. The van der Waals surface area contributed by atoms with Crippen molar-refractivity contribution in [3.63, 3.8) is 0 Å². The van der Waals surface area contributed by atoms with Crippen LogP contribution in [0.25, 0.3) is 0 Å². The zero-order valence-electron chi connectivity index (χ0n) is 10.7.